The van der Waals surface area contributed by atoms with Gasteiger partial charge in [-0.3, -0.25) is 4.79 Å². The molecule has 7 heteroatoms. The van der Waals surface area contributed by atoms with Gasteiger partial charge in [0.25, 0.3) is 0 Å². The second-order valence-corrected chi connectivity index (χ2v) is 4.75. The number of halogens is 3. The smallest absolute Gasteiger partial charge is 0.358 e. The van der Waals surface area contributed by atoms with Gasteiger partial charge in [-0.15, -0.1) is 0 Å². The van der Waals surface area contributed by atoms with Crippen LogP contribution >= 0.6 is 0 Å². The number of alkyl halides is 3. The van der Waals surface area contributed by atoms with Gasteiger partial charge >= 0.3 is 6.18 Å². The van der Waals surface area contributed by atoms with Crippen LogP contribution in [-0.4, -0.2) is 25.0 Å². The Labute approximate surface area is 120 Å². The van der Waals surface area contributed by atoms with Crippen molar-refractivity contribution in [1.29, 1.82) is 5.26 Å². The minimum Gasteiger partial charge on any atom is -0.358 e. The van der Waals surface area contributed by atoms with Gasteiger partial charge in [0.1, 0.15) is 6.04 Å². The van der Waals surface area contributed by atoms with Crippen molar-refractivity contribution in [1.82, 2.24) is 5.32 Å². The van der Waals surface area contributed by atoms with E-state index in [0.29, 0.717) is 25.2 Å². The SMILES string of the molecule is CCC1C(=O)NCCN1c1ccc(C#N)c(C(F)(F)F)c1. The molecule has 1 unspecified atom stereocenters. The maximum atomic E-state index is 13.0. The van der Waals surface area contributed by atoms with Crippen molar-refractivity contribution in [2.45, 2.75) is 25.6 Å². The number of hydrogen-bond acceptors (Lipinski definition) is 3. The van der Waals surface area contributed by atoms with Crippen LogP contribution in [0.1, 0.15) is 24.5 Å². The van der Waals surface area contributed by atoms with Crippen LogP contribution in [0, 0.1) is 11.3 Å². The van der Waals surface area contributed by atoms with Crippen molar-refractivity contribution in [3.8, 4) is 6.07 Å². The van der Waals surface area contributed by atoms with Crippen molar-refractivity contribution < 1.29 is 18.0 Å². The average Bonchev–Trinajstić information content (AvgIpc) is 2.45. The first-order valence-corrected chi connectivity index (χ1v) is 6.54. The molecule has 1 heterocycles. The molecule has 0 spiro atoms. The number of rotatable bonds is 2. The fourth-order valence-electron chi connectivity index (χ4n) is 2.47. The number of anilines is 1. The second-order valence-electron chi connectivity index (χ2n) is 4.75. The molecule has 0 radical (unpaired) electrons. The number of nitriles is 1. The van der Waals surface area contributed by atoms with Crippen LogP contribution in [-0.2, 0) is 11.0 Å². The third kappa shape index (κ3) is 2.94. The van der Waals surface area contributed by atoms with Crippen molar-refractivity contribution in [3.63, 3.8) is 0 Å². The molecule has 1 aromatic rings. The van der Waals surface area contributed by atoms with Crippen LogP contribution in [0.4, 0.5) is 18.9 Å². The topological polar surface area (TPSA) is 56.1 Å². The van der Waals surface area contributed by atoms with Gasteiger partial charge in [0.05, 0.1) is 17.2 Å². The Hall–Kier alpha value is -2.23. The zero-order valence-electron chi connectivity index (χ0n) is 11.4. The molecule has 21 heavy (non-hydrogen) atoms. The van der Waals surface area contributed by atoms with E-state index in [0.717, 1.165) is 12.1 Å². The first-order valence-electron chi connectivity index (χ1n) is 6.54. The molecule has 1 fully saturated rings. The summed E-state index contributed by atoms with van der Waals surface area (Å²) in [6, 6.07) is 4.60. The number of nitrogens with zero attached hydrogens (tertiary/aromatic N) is 2. The fraction of sp³-hybridized carbons (Fsp3) is 0.429. The highest BCUT2D eigenvalue weighted by molar-refractivity contribution is 5.86. The van der Waals surface area contributed by atoms with Gasteiger partial charge in [-0.1, -0.05) is 6.92 Å². The van der Waals surface area contributed by atoms with E-state index in [-0.39, 0.29) is 5.91 Å². The van der Waals surface area contributed by atoms with Crippen LogP contribution in [0.25, 0.3) is 0 Å². The molecule has 1 atom stereocenters. The van der Waals surface area contributed by atoms with E-state index < -0.39 is 23.3 Å². The van der Waals surface area contributed by atoms with Gasteiger partial charge < -0.3 is 10.2 Å². The molecule has 0 bridgehead atoms. The number of benzene rings is 1. The summed E-state index contributed by atoms with van der Waals surface area (Å²) in [4.78, 5) is 13.4. The third-order valence-electron chi connectivity index (χ3n) is 3.48. The molecule has 4 nitrogen and oxygen atoms in total. The quantitative estimate of drug-likeness (QED) is 0.911. The van der Waals surface area contributed by atoms with Gasteiger partial charge in [-0.05, 0) is 24.6 Å². The molecule has 2 rings (SSSR count). The summed E-state index contributed by atoms with van der Waals surface area (Å²) in [6.45, 7) is 2.63. The Bertz CT molecular complexity index is 592. The van der Waals surface area contributed by atoms with Gasteiger partial charge in [0.2, 0.25) is 5.91 Å². The second kappa shape index (κ2) is 5.64. The van der Waals surface area contributed by atoms with Crippen molar-refractivity contribution in [2.75, 3.05) is 18.0 Å². The molecular weight excluding hydrogens is 283 g/mol. The summed E-state index contributed by atoms with van der Waals surface area (Å²) >= 11 is 0. The molecule has 1 saturated heterocycles. The highest BCUT2D eigenvalue weighted by atomic mass is 19.4. The molecule has 1 N–H and O–H groups in total. The molecule has 0 saturated carbocycles. The van der Waals surface area contributed by atoms with Crippen LogP contribution in [0.5, 0.6) is 0 Å². The van der Waals surface area contributed by atoms with E-state index in [1.165, 1.54) is 6.07 Å². The third-order valence-corrected chi connectivity index (χ3v) is 3.48. The van der Waals surface area contributed by atoms with Gasteiger partial charge in [-0.25, -0.2) is 0 Å². The summed E-state index contributed by atoms with van der Waals surface area (Å²) in [5, 5.41) is 11.5. The molecule has 0 aromatic heterocycles. The predicted molar refractivity (Wildman–Crippen MR) is 70.6 cm³/mol. The lowest BCUT2D eigenvalue weighted by Crippen LogP contribution is -2.55. The van der Waals surface area contributed by atoms with Gasteiger partial charge in [0.15, 0.2) is 0 Å². The molecule has 1 amide bonds. The fourth-order valence-corrected chi connectivity index (χ4v) is 2.47. The molecule has 0 aliphatic carbocycles. The Morgan fingerprint density at radius 3 is 2.76 bits per heavy atom. The summed E-state index contributed by atoms with van der Waals surface area (Å²) in [5.74, 6) is -0.193. The van der Waals surface area contributed by atoms with Crippen molar-refractivity contribution in [2.24, 2.45) is 0 Å². The van der Waals surface area contributed by atoms with Crippen molar-refractivity contribution >= 4 is 11.6 Å². The highest BCUT2D eigenvalue weighted by Gasteiger charge is 2.35. The molecular formula is C14H14F3N3O. The average molecular weight is 297 g/mol. The Balaban J connectivity index is 2.45. The molecule has 1 aromatic carbocycles. The lowest BCUT2D eigenvalue weighted by molar-refractivity contribution is -0.137. The van der Waals surface area contributed by atoms with Gasteiger partial charge in [0, 0.05) is 18.8 Å². The summed E-state index contributed by atoms with van der Waals surface area (Å²) < 4.78 is 39.0. The normalized spacial score (nSPS) is 19.1. The van der Waals surface area contributed by atoms with E-state index in [1.54, 1.807) is 17.9 Å². The predicted octanol–water partition coefficient (Wildman–Crippen LogP) is 2.29. The Morgan fingerprint density at radius 1 is 1.48 bits per heavy atom. The minimum absolute atomic E-state index is 0.193. The molecule has 112 valence electrons. The Kier molecular flexibility index (Phi) is 4.07. The minimum atomic E-state index is -4.60. The van der Waals surface area contributed by atoms with E-state index >= 15 is 0 Å². The standard InChI is InChI=1S/C14H14F3N3O/c1-2-12-13(21)19-5-6-20(12)10-4-3-9(8-18)11(7-10)14(15,16)17/h3-4,7,12H,2,5-6H2,1H3,(H,19,21). The first kappa shape index (κ1) is 15.2. The lowest BCUT2D eigenvalue weighted by Gasteiger charge is -2.36. The molecule has 1 aliphatic rings. The number of piperazine rings is 1. The van der Waals surface area contributed by atoms with E-state index in [1.807, 2.05) is 0 Å². The first-order chi connectivity index (χ1) is 9.88. The van der Waals surface area contributed by atoms with Crippen LogP contribution in [0.15, 0.2) is 18.2 Å². The zero-order chi connectivity index (χ0) is 15.6. The van der Waals surface area contributed by atoms with Crippen LogP contribution in [0.2, 0.25) is 0 Å². The Morgan fingerprint density at radius 2 is 2.19 bits per heavy atom. The summed E-state index contributed by atoms with van der Waals surface area (Å²) in [5.41, 5.74) is -1.08. The maximum absolute atomic E-state index is 13.0. The van der Waals surface area contributed by atoms with E-state index in [2.05, 4.69) is 5.32 Å². The number of amides is 1. The lowest BCUT2D eigenvalue weighted by atomic mass is 10.0. The van der Waals surface area contributed by atoms with E-state index in [4.69, 9.17) is 5.26 Å². The molecule has 1 aliphatic heterocycles. The number of carbonyl (C=O) groups excluding carboxylic acids is 1. The largest absolute Gasteiger partial charge is 0.417 e. The van der Waals surface area contributed by atoms with Gasteiger partial charge in [-0.2, -0.15) is 18.4 Å². The monoisotopic (exact) mass is 297 g/mol. The highest BCUT2D eigenvalue weighted by Crippen LogP contribution is 2.35. The summed E-state index contributed by atoms with van der Waals surface area (Å²) in [7, 11) is 0. The van der Waals surface area contributed by atoms with E-state index in [9.17, 15) is 18.0 Å². The maximum Gasteiger partial charge on any atom is 0.417 e. The zero-order valence-corrected chi connectivity index (χ0v) is 11.4. The number of carbonyl (C=O) groups is 1. The number of hydrogen-bond donors (Lipinski definition) is 1. The van der Waals surface area contributed by atoms with Crippen LogP contribution in [0.3, 0.4) is 0 Å². The number of nitrogens with one attached hydrogen (secondary N) is 1. The summed E-state index contributed by atoms with van der Waals surface area (Å²) in [6.07, 6.45) is -4.10. The van der Waals surface area contributed by atoms with Crippen molar-refractivity contribution in [3.05, 3.63) is 29.3 Å². The van der Waals surface area contributed by atoms with Crippen LogP contribution < -0.4 is 10.2 Å².